The van der Waals surface area contributed by atoms with Gasteiger partial charge in [-0.1, -0.05) is 24.6 Å². The molecule has 21 heavy (non-hydrogen) atoms. The number of rotatable bonds is 7. The molecule has 0 radical (unpaired) electrons. The molecule has 1 N–H and O–H groups in total. The van der Waals surface area contributed by atoms with Crippen molar-refractivity contribution in [2.45, 2.75) is 57.6 Å². The van der Waals surface area contributed by atoms with Gasteiger partial charge in [0.15, 0.2) is 0 Å². The molecule has 0 atom stereocenters. The third-order valence-corrected chi connectivity index (χ3v) is 3.82. The number of carbonyl (C=O) groups excluding carboxylic acids is 1. The van der Waals surface area contributed by atoms with Crippen LogP contribution in [0.1, 0.15) is 50.5 Å². The van der Waals surface area contributed by atoms with Gasteiger partial charge in [0.05, 0.1) is 6.10 Å². The van der Waals surface area contributed by atoms with Gasteiger partial charge in [-0.2, -0.15) is 0 Å². The average molecular weight is 287 g/mol. The van der Waals surface area contributed by atoms with E-state index in [0.29, 0.717) is 19.1 Å². The summed E-state index contributed by atoms with van der Waals surface area (Å²) >= 11 is 0. The van der Waals surface area contributed by atoms with Crippen LogP contribution in [0.15, 0.2) is 36.9 Å². The highest BCUT2D eigenvalue weighted by molar-refractivity contribution is 5.75. The molecule has 0 unspecified atom stereocenters. The molecule has 0 heterocycles. The Morgan fingerprint density at radius 3 is 2.90 bits per heavy atom. The van der Waals surface area contributed by atoms with Crippen molar-refractivity contribution >= 4 is 5.91 Å². The van der Waals surface area contributed by atoms with Crippen molar-refractivity contribution in [1.82, 2.24) is 5.32 Å². The Labute approximate surface area is 127 Å². The number of hydrogen-bond acceptors (Lipinski definition) is 2. The summed E-state index contributed by atoms with van der Waals surface area (Å²) in [7, 11) is 0. The lowest BCUT2D eigenvalue weighted by Gasteiger charge is -2.23. The molecule has 1 fully saturated rings. The first-order valence-electron chi connectivity index (χ1n) is 7.91. The molecule has 3 heteroatoms. The van der Waals surface area contributed by atoms with Crippen molar-refractivity contribution < 1.29 is 9.53 Å². The third-order valence-electron chi connectivity index (χ3n) is 3.82. The molecular formula is C18H25NO2. The second-order valence-electron chi connectivity index (χ2n) is 5.63. The van der Waals surface area contributed by atoms with Gasteiger partial charge in [-0.25, -0.2) is 0 Å². The van der Waals surface area contributed by atoms with Crippen molar-refractivity contribution in [2.75, 3.05) is 0 Å². The van der Waals surface area contributed by atoms with Crippen LogP contribution in [-0.4, -0.2) is 12.0 Å². The predicted octanol–water partition coefficient (Wildman–Crippen LogP) is 3.98. The van der Waals surface area contributed by atoms with E-state index in [4.69, 9.17) is 4.74 Å². The van der Waals surface area contributed by atoms with Crippen LogP contribution in [0.2, 0.25) is 0 Å². The van der Waals surface area contributed by atoms with E-state index in [2.05, 4.69) is 11.9 Å². The van der Waals surface area contributed by atoms with Gasteiger partial charge in [0, 0.05) is 13.0 Å². The van der Waals surface area contributed by atoms with Gasteiger partial charge in [-0.15, -0.1) is 6.58 Å². The Morgan fingerprint density at radius 2 is 2.14 bits per heavy atom. The maximum absolute atomic E-state index is 11.6. The second-order valence-corrected chi connectivity index (χ2v) is 5.63. The van der Waals surface area contributed by atoms with E-state index in [1.807, 2.05) is 24.3 Å². The smallest absolute Gasteiger partial charge is 0.220 e. The molecule has 1 amide bonds. The molecule has 1 aliphatic carbocycles. The summed E-state index contributed by atoms with van der Waals surface area (Å²) in [6.07, 6.45) is 9.52. The monoisotopic (exact) mass is 287 g/mol. The lowest BCUT2D eigenvalue weighted by molar-refractivity contribution is -0.121. The van der Waals surface area contributed by atoms with E-state index < -0.39 is 0 Å². The molecule has 1 aromatic carbocycles. The maximum atomic E-state index is 11.6. The van der Waals surface area contributed by atoms with E-state index in [0.717, 1.165) is 30.6 Å². The zero-order valence-corrected chi connectivity index (χ0v) is 12.6. The third kappa shape index (κ3) is 5.62. The highest BCUT2D eigenvalue weighted by Crippen LogP contribution is 2.23. The van der Waals surface area contributed by atoms with Crippen molar-refractivity contribution in [3.05, 3.63) is 42.5 Å². The quantitative estimate of drug-likeness (QED) is 0.770. The maximum Gasteiger partial charge on any atom is 0.220 e. The topological polar surface area (TPSA) is 38.3 Å². The number of ether oxygens (including phenoxy) is 1. The fourth-order valence-corrected chi connectivity index (χ4v) is 2.63. The number of carbonyl (C=O) groups is 1. The van der Waals surface area contributed by atoms with Crippen molar-refractivity contribution in [3.8, 4) is 5.75 Å². The highest BCUT2D eigenvalue weighted by atomic mass is 16.5. The first-order chi connectivity index (χ1) is 10.3. The van der Waals surface area contributed by atoms with Crippen molar-refractivity contribution in [1.29, 1.82) is 0 Å². The Hall–Kier alpha value is -1.77. The molecule has 0 spiro atoms. The van der Waals surface area contributed by atoms with Crippen LogP contribution in [-0.2, 0) is 11.3 Å². The molecule has 1 aliphatic rings. The van der Waals surface area contributed by atoms with Gasteiger partial charge in [0.25, 0.3) is 0 Å². The molecular weight excluding hydrogens is 262 g/mol. The number of benzene rings is 1. The first-order valence-corrected chi connectivity index (χ1v) is 7.91. The fourth-order valence-electron chi connectivity index (χ4n) is 2.63. The van der Waals surface area contributed by atoms with Crippen LogP contribution in [0, 0.1) is 0 Å². The summed E-state index contributed by atoms with van der Waals surface area (Å²) in [5.41, 5.74) is 1.08. The summed E-state index contributed by atoms with van der Waals surface area (Å²) in [6, 6.07) is 8.03. The van der Waals surface area contributed by atoms with E-state index in [-0.39, 0.29) is 5.91 Å². The van der Waals surface area contributed by atoms with Crippen LogP contribution < -0.4 is 10.1 Å². The molecule has 0 aliphatic heterocycles. The lowest BCUT2D eigenvalue weighted by atomic mass is 9.98. The minimum atomic E-state index is 0.0634. The normalized spacial score (nSPS) is 15.4. The molecule has 0 aromatic heterocycles. The number of amides is 1. The van der Waals surface area contributed by atoms with Gasteiger partial charge in [-0.3, -0.25) is 4.79 Å². The summed E-state index contributed by atoms with van der Waals surface area (Å²) in [6.45, 7) is 4.17. The predicted molar refractivity (Wildman–Crippen MR) is 85.2 cm³/mol. The SMILES string of the molecule is C=CCCC(=O)NCc1cccc(OC2CCCCC2)c1. The summed E-state index contributed by atoms with van der Waals surface area (Å²) in [5, 5.41) is 2.92. The molecule has 2 rings (SSSR count). The largest absolute Gasteiger partial charge is 0.490 e. The van der Waals surface area contributed by atoms with Gasteiger partial charge in [0.2, 0.25) is 5.91 Å². The Bertz CT molecular complexity index is 464. The van der Waals surface area contributed by atoms with Crippen LogP contribution in [0.5, 0.6) is 5.75 Å². The lowest BCUT2D eigenvalue weighted by Crippen LogP contribution is -2.22. The van der Waals surface area contributed by atoms with Gasteiger partial charge in [0.1, 0.15) is 5.75 Å². The van der Waals surface area contributed by atoms with Gasteiger partial charge < -0.3 is 10.1 Å². The van der Waals surface area contributed by atoms with E-state index in [1.165, 1.54) is 19.3 Å². The van der Waals surface area contributed by atoms with E-state index in [1.54, 1.807) is 6.08 Å². The summed E-state index contributed by atoms with van der Waals surface area (Å²) in [4.78, 5) is 11.6. The number of hydrogen-bond donors (Lipinski definition) is 1. The van der Waals surface area contributed by atoms with Crippen molar-refractivity contribution in [3.63, 3.8) is 0 Å². The molecule has 3 nitrogen and oxygen atoms in total. The minimum absolute atomic E-state index is 0.0634. The summed E-state index contributed by atoms with van der Waals surface area (Å²) in [5.74, 6) is 0.980. The number of nitrogens with one attached hydrogen (secondary N) is 1. The molecule has 1 aromatic rings. The fraction of sp³-hybridized carbons (Fsp3) is 0.500. The Kier molecular flexibility index (Phi) is 6.32. The highest BCUT2D eigenvalue weighted by Gasteiger charge is 2.14. The molecule has 0 saturated heterocycles. The van der Waals surface area contributed by atoms with E-state index >= 15 is 0 Å². The zero-order chi connectivity index (χ0) is 14.9. The standard InChI is InChI=1S/C18H25NO2/c1-2-3-12-18(20)19-14-15-8-7-11-17(13-15)21-16-9-5-4-6-10-16/h2,7-8,11,13,16H,1,3-6,9-10,12,14H2,(H,19,20). The van der Waals surface area contributed by atoms with Gasteiger partial charge in [-0.05, 0) is 49.8 Å². The summed E-state index contributed by atoms with van der Waals surface area (Å²) < 4.78 is 6.04. The van der Waals surface area contributed by atoms with Crippen LogP contribution >= 0.6 is 0 Å². The van der Waals surface area contributed by atoms with Crippen LogP contribution in [0.3, 0.4) is 0 Å². The zero-order valence-electron chi connectivity index (χ0n) is 12.6. The van der Waals surface area contributed by atoms with Gasteiger partial charge >= 0.3 is 0 Å². The second kappa shape index (κ2) is 8.50. The Morgan fingerprint density at radius 1 is 1.33 bits per heavy atom. The molecule has 114 valence electrons. The minimum Gasteiger partial charge on any atom is -0.490 e. The number of allylic oxidation sites excluding steroid dienone is 1. The van der Waals surface area contributed by atoms with E-state index in [9.17, 15) is 4.79 Å². The molecule has 1 saturated carbocycles. The average Bonchev–Trinajstić information content (AvgIpc) is 2.52. The molecule has 0 bridgehead atoms. The van der Waals surface area contributed by atoms with Crippen LogP contribution in [0.4, 0.5) is 0 Å². The van der Waals surface area contributed by atoms with Crippen molar-refractivity contribution in [2.24, 2.45) is 0 Å². The first kappa shape index (κ1) is 15.6. The van der Waals surface area contributed by atoms with Crippen LogP contribution in [0.25, 0.3) is 0 Å². The Balaban J connectivity index is 1.82.